The molecule has 9 heteroatoms. The smallest absolute Gasteiger partial charge is 0.307 e. The standard InChI is InChI=1S/C20H18N2O6S/c1-27-14-7-12(8-15(28-2)18(14)25)9-16-19(26)22-20(29-16)21-13-5-3-11(4-6-13)10-17(23)24/h3-9,25H,10H2,1-2H3,(H,23,24)(H,21,22,26)/b16-9-. The third-order valence-corrected chi connectivity index (χ3v) is 4.88. The van der Waals surface area contributed by atoms with Crippen LogP contribution >= 0.6 is 11.8 Å². The lowest BCUT2D eigenvalue weighted by atomic mass is 10.1. The second kappa shape index (κ2) is 8.70. The number of benzene rings is 2. The monoisotopic (exact) mass is 414 g/mol. The first kappa shape index (κ1) is 20.3. The maximum atomic E-state index is 12.3. The van der Waals surface area contributed by atoms with Crippen molar-refractivity contribution < 1.29 is 29.3 Å². The van der Waals surface area contributed by atoms with Gasteiger partial charge in [-0.25, -0.2) is 4.99 Å². The van der Waals surface area contributed by atoms with E-state index in [0.717, 1.165) is 0 Å². The summed E-state index contributed by atoms with van der Waals surface area (Å²) in [4.78, 5) is 27.8. The second-order valence-corrected chi connectivity index (χ2v) is 7.02. The van der Waals surface area contributed by atoms with Crippen LogP contribution in [0, 0.1) is 0 Å². The molecular formula is C20H18N2O6S. The summed E-state index contributed by atoms with van der Waals surface area (Å²) in [5.41, 5.74) is 1.88. The number of nitrogens with one attached hydrogen (secondary N) is 1. The first-order chi connectivity index (χ1) is 13.9. The zero-order chi connectivity index (χ0) is 21.0. The fourth-order valence-electron chi connectivity index (χ4n) is 2.61. The molecule has 0 atom stereocenters. The van der Waals surface area contributed by atoms with E-state index in [9.17, 15) is 14.7 Å². The van der Waals surface area contributed by atoms with E-state index in [1.807, 2.05) is 0 Å². The van der Waals surface area contributed by atoms with Crippen LogP contribution in [0.5, 0.6) is 17.2 Å². The number of amides is 1. The summed E-state index contributed by atoms with van der Waals surface area (Å²) in [6.45, 7) is 0. The van der Waals surface area contributed by atoms with Crippen LogP contribution in [0.1, 0.15) is 11.1 Å². The number of methoxy groups -OCH3 is 2. The van der Waals surface area contributed by atoms with Crippen LogP contribution in [0.4, 0.5) is 5.69 Å². The Balaban J connectivity index is 1.81. The van der Waals surface area contributed by atoms with Crippen LogP contribution in [0.15, 0.2) is 46.3 Å². The average Bonchev–Trinajstić information content (AvgIpc) is 3.02. The van der Waals surface area contributed by atoms with E-state index in [4.69, 9.17) is 14.6 Å². The molecule has 1 heterocycles. The molecule has 1 fully saturated rings. The number of ether oxygens (including phenoxy) is 2. The molecule has 0 aliphatic carbocycles. The number of hydrogen-bond acceptors (Lipinski definition) is 7. The van der Waals surface area contributed by atoms with Gasteiger partial charge in [0, 0.05) is 0 Å². The number of carboxylic acids is 1. The number of hydrogen-bond donors (Lipinski definition) is 3. The number of aromatic hydroxyl groups is 1. The Morgan fingerprint density at radius 3 is 2.34 bits per heavy atom. The van der Waals surface area contributed by atoms with Gasteiger partial charge >= 0.3 is 5.97 Å². The van der Waals surface area contributed by atoms with Gasteiger partial charge in [0.25, 0.3) is 5.91 Å². The summed E-state index contributed by atoms with van der Waals surface area (Å²) in [5, 5.41) is 21.9. The number of phenols is 1. The highest BCUT2D eigenvalue weighted by Gasteiger charge is 2.24. The lowest BCUT2D eigenvalue weighted by Gasteiger charge is -2.09. The highest BCUT2D eigenvalue weighted by atomic mass is 32.2. The fourth-order valence-corrected chi connectivity index (χ4v) is 3.45. The average molecular weight is 414 g/mol. The SMILES string of the molecule is COc1cc(/C=C2\SC(=Nc3ccc(CC(=O)O)cc3)NC2=O)cc(OC)c1O. The zero-order valence-corrected chi connectivity index (χ0v) is 16.4. The number of nitrogens with zero attached hydrogens (tertiary/aromatic N) is 1. The van der Waals surface area contributed by atoms with Crippen molar-refractivity contribution in [2.24, 2.45) is 4.99 Å². The van der Waals surface area contributed by atoms with Crippen LogP contribution in [-0.2, 0) is 16.0 Å². The van der Waals surface area contributed by atoms with Gasteiger partial charge in [0.2, 0.25) is 5.75 Å². The van der Waals surface area contributed by atoms with E-state index in [1.54, 1.807) is 42.5 Å². The first-order valence-electron chi connectivity index (χ1n) is 8.45. The number of carbonyl (C=O) groups excluding carboxylic acids is 1. The van der Waals surface area contributed by atoms with E-state index in [1.165, 1.54) is 26.0 Å². The van der Waals surface area contributed by atoms with Crippen molar-refractivity contribution in [3.05, 3.63) is 52.4 Å². The second-order valence-electron chi connectivity index (χ2n) is 5.99. The molecule has 2 aromatic rings. The van der Waals surface area contributed by atoms with Crippen LogP contribution in [-0.4, -0.2) is 41.5 Å². The van der Waals surface area contributed by atoms with E-state index in [2.05, 4.69) is 10.3 Å². The summed E-state index contributed by atoms with van der Waals surface area (Å²) < 4.78 is 10.3. The molecule has 0 bridgehead atoms. The first-order valence-corrected chi connectivity index (χ1v) is 9.26. The van der Waals surface area contributed by atoms with Gasteiger partial charge in [-0.05, 0) is 53.2 Å². The Kier molecular flexibility index (Phi) is 6.08. The van der Waals surface area contributed by atoms with Gasteiger partial charge in [-0.1, -0.05) is 12.1 Å². The number of amidine groups is 1. The maximum absolute atomic E-state index is 12.3. The number of rotatable bonds is 6. The van der Waals surface area contributed by atoms with E-state index in [0.29, 0.717) is 26.9 Å². The maximum Gasteiger partial charge on any atom is 0.307 e. The molecule has 0 unspecified atom stereocenters. The fraction of sp³-hybridized carbons (Fsp3) is 0.150. The molecular weight excluding hydrogens is 396 g/mol. The predicted octanol–water partition coefficient (Wildman–Crippen LogP) is 2.93. The number of aliphatic imine (C=N–C) groups is 1. The Bertz CT molecular complexity index is 989. The van der Waals surface area contributed by atoms with Crippen LogP contribution < -0.4 is 14.8 Å². The van der Waals surface area contributed by atoms with E-state index in [-0.39, 0.29) is 29.6 Å². The van der Waals surface area contributed by atoms with Gasteiger partial charge in [-0.2, -0.15) is 0 Å². The molecule has 0 radical (unpaired) electrons. The Labute approximate surface area is 170 Å². The quantitative estimate of drug-likeness (QED) is 0.622. The minimum atomic E-state index is -0.903. The van der Waals surface area contributed by atoms with Gasteiger partial charge in [0.1, 0.15) is 0 Å². The van der Waals surface area contributed by atoms with Gasteiger partial charge in [-0.15, -0.1) is 0 Å². The summed E-state index contributed by atoms with van der Waals surface area (Å²) in [6.07, 6.45) is 1.58. The summed E-state index contributed by atoms with van der Waals surface area (Å²) >= 11 is 1.17. The minimum absolute atomic E-state index is 0.0607. The predicted molar refractivity (Wildman–Crippen MR) is 110 cm³/mol. The van der Waals surface area contributed by atoms with Crippen molar-refractivity contribution in [1.29, 1.82) is 0 Å². The molecule has 3 rings (SSSR count). The van der Waals surface area contributed by atoms with E-state index >= 15 is 0 Å². The van der Waals surface area contributed by atoms with Crippen molar-refractivity contribution in [3.8, 4) is 17.2 Å². The lowest BCUT2D eigenvalue weighted by molar-refractivity contribution is -0.136. The molecule has 2 aromatic carbocycles. The zero-order valence-electron chi connectivity index (χ0n) is 15.6. The number of thioether (sulfide) groups is 1. The summed E-state index contributed by atoms with van der Waals surface area (Å²) in [5.74, 6) is -0.860. The summed E-state index contributed by atoms with van der Waals surface area (Å²) in [7, 11) is 2.85. The lowest BCUT2D eigenvalue weighted by Crippen LogP contribution is -2.19. The van der Waals surface area contributed by atoms with E-state index < -0.39 is 5.97 Å². The molecule has 150 valence electrons. The molecule has 1 saturated heterocycles. The van der Waals surface area contributed by atoms with Crippen molar-refractivity contribution in [2.45, 2.75) is 6.42 Å². The molecule has 0 aromatic heterocycles. The van der Waals surface area contributed by atoms with Crippen LogP contribution in [0.2, 0.25) is 0 Å². The van der Waals surface area contributed by atoms with Gasteiger partial charge in [-0.3, -0.25) is 9.59 Å². The molecule has 0 saturated carbocycles. The minimum Gasteiger partial charge on any atom is -0.502 e. The summed E-state index contributed by atoms with van der Waals surface area (Å²) in [6, 6.07) is 9.93. The third-order valence-electron chi connectivity index (χ3n) is 3.97. The largest absolute Gasteiger partial charge is 0.502 e. The Morgan fingerprint density at radius 1 is 1.17 bits per heavy atom. The number of carboxylic acid groups (broad SMARTS) is 1. The van der Waals surface area contributed by atoms with Gasteiger partial charge in [0.15, 0.2) is 16.7 Å². The van der Waals surface area contributed by atoms with Gasteiger partial charge in [0.05, 0.1) is 31.2 Å². The van der Waals surface area contributed by atoms with Crippen molar-refractivity contribution >= 4 is 40.6 Å². The Hall–Kier alpha value is -3.46. The van der Waals surface area contributed by atoms with Gasteiger partial charge < -0.3 is 25.0 Å². The van der Waals surface area contributed by atoms with Crippen molar-refractivity contribution in [2.75, 3.05) is 14.2 Å². The normalized spacial score (nSPS) is 16.1. The van der Waals surface area contributed by atoms with Crippen molar-refractivity contribution in [1.82, 2.24) is 5.32 Å². The topological polar surface area (TPSA) is 117 Å². The number of phenolic OH excluding ortho intramolecular Hbond substituents is 1. The molecule has 1 aliphatic rings. The molecule has 1 amide bonds. The molecule has 29 heavy (non-hydrogen) atoms. The molecule has 0 spiro atoms. The Morgan fingerprint density at radius 2 is 1.79 bits per heavy atom. The number of aliphatic carboxylic acids is 1. The number of carbonyl (C=O) groups is 2. The van der Waals surface area contributed by atoms with Crippen molar-refractivity contribution in [3.63, 3.8) is 0 Å². The molecule has 3 N–H and O–H groups in total. The highest BCUT2D eigenvalue weighted by Crippen LogP contribution is 2.38. The highest BCUT2D eigenvalue weighted by molar-refractivity contribution is 8.18. The van der Waals surface area contributed by atoms with Crippen LogP contribution in [0.25, 0.3) is 6.08 Å². The molecule has 8 nitrogen and oxygen atoms in total. The third kappa shape index (κ3) is 4.88. The molecule has 1 aliphatic heterocycles. The van der Waals surface area contributed by atoms with Crippen LogP contribution in [0.3, 0.4) is 0 Å².